The van der Waals surface area contributed by atoms with Crippen molar-refractivity contribution in [3.8, 4) is 0 Å². The summed E-state index contributed by atoms with van der Waals surface area (Å²) in [5, 5.41) is 6.01. The number of imidazole rings is 1. The lowest BCUT2D eigenvalue weighted by atomic mass is 9.97. The van der Waals surface area contributed by atoms with Crippen molar-refractivity contribution in [2.75, 3.05) is 18.0 Å². The summed E-state index contributed by atoms with van der Waals surface area (Å²) in [7, 11) is 0. The van der Waals surface area contributed by atoms with Crippen LogP contribution in [0.4, 0.5) is 10.7 Å². The molecule has 2 N–H and O–H groups in total. The molecule has 0 bridgehead atoms. The summed E-state index contributed by atoms with van der Waals surface area (Å²) in [6.45, 7) is 6.01. The molecule has 7 nitrogen and oxygen atoms in total. The summed E-state index contributed by atoms with van der Waals surface area (Å²) in [5.41, 5.74) is 3.34. The van der Waals surface area contributed by atoms with Crippen LogP contribution >= 0.6 is 0 Å². The van der Waals surface area contributed by atoms with E-state index in [-0.39, 0.29) is 11.9 Å². The highest BCUT2D eigenvalue weighted by molar-refractivity contribution is 5.96. The smallest absolute Gasteiger partial charge is 0.324 e. The molecule has 0 saturated heterocycles. The summed E-state index contributed by atoms with van der Waals surface area (Å²) >= 11 is 0. The van der Waals surface area contributed by atoms with Gasteiger partial charge in [-0.25, -0.2) is 9.78 Å². The fourth-order valence-corrected chi connectivity index (χ4v) is 4.51. The maximum absolute atomic E-state index is 13.1. The van der Waals surface area contributed by atoms with E-state index in [2.05, 4.69) is 40.1 Å². The van der Waals surface area contributed by atoms with Gasteiger partial charge < -0.3 is 15.2 Å². The number of rotatable bonds is 7. The second-order valence-corrected chi connectivity index (χ2v) is 8.98. The molecule has 2 heterocycles. The van der Waals surface area contributed by atoms with Crippen LogP contribution in [0, 0.1) is 5.92 Å². The first kappa shape index (κ1) is 21.4. The van der Waals surface area contributed by atoms with Crippen LogP contribution < -0.4 is 15.5 Å². The predicted octanol–water partition coefficient (Wildman–Crippen LogP) is 3.99. The minimum atomic E-state index is -0.550. The molecule has 0 radical (unpaired) electrons. The number of para-hydroxylation sites is 2. The zero-order valence-corrected chi connectivity index (χ0v) is 18.6. The van der Waals surface area contributed by atoms with Gasteiger partial charge in [0.1, 0.15) is 6.04 Å². The van der Waals surface area contributed by atoms with Gasteiger partial charge in [-0.15, -0.1) is 0 Å². The van der Waals surface area contributed by atoms with E-state index in [0.717, 1.165) is 30.3 Å². The van der Waals surface area contributed by atoms with Gasteiger partial charge in [-0.05, 0) is 56.6 Å². The van der Waals surface area contributed by atoms with Gasteiger partial charge in [0.15, 0.2) is 0 Å². The third-order valence-corrected chi connectivity index (χ3v) is 6.12. The van der Waals surface area contributed by atoms with Crippen LogP contribution in [0.1, 0.15) is 52.4 Å². The van der Waals surface area contributed by atoms with E-state index in [1.54, 1.807) is 4.90 Å². The minimum Gasteiger partial charge on any atom is -0.354 e. The SMILES string of the molecule is CC(C)CC(NC(=O)N1CCn2c1nc1ccccc12)C(=O)NCCC1=CCCCC1. The number of amides is 3. The molecule has 3 amide bonds. The maximum atomic E-state index is 13.1. The highest BCUT2D eigenvalue weighted by atomic mass is 16.2. The molecule has 2 aromatic rings. The zero-order chi connectivity index (χ0) is 21.8. The summed E-state index contributed by atoms with van der Waals surface area (Å²) < 4.78 is 2.06. The molecule has 1 atom stereocenters. The number of hydrogen-bond donors (Lipinski definition) is 2. The molecule has 7 heteroatoms. The minimum absolute atomic E-state index is 0.105. The van der Waals surface area contributed by atoms with Crippen LogP contribution in [0.25, 0.3) is 11.0 Å². The topological polar surface area (TPSA) is 79.3 Å². The average Bonchev–Trinajstić information content (AvgIpc) is 3.33. The van der Waals surface area contributed by atoms with Crippen molar-refractivity contribution in [3.63, 3.8) is 0 Å². The third kappa shape index (κ3) is 4.92. The average molecular weight is 424 g/mol. The number of carbonyl (C=O) groups is 2. The van der Waals surface area contributed by atoms with Gasteiger partial charge in [-0.1, -0.05) is 37.6 Å². The molecule has 166 valence electrons. The maximum Gasteiger partial charge on any atom is 0.324 e. The van der Waals surface area contributed by atoms with Gasteiger partial charge in [0, 0.05) is 19.6 Å². The number of hydrogen-bond acceptors (Lipinski definition) is 3. The second kappa shape index (κ2) is 9.54. The van der Waals surface area contributed by atoms with Crippen LogP contribution in [-0.2, 0) is 11.3 Å². The Bertz CT molecular complexity index is 978. The van der Waals surface area contributed by atoms with Crippen LogP contribution in [0.2, 0.25) is 0 Å². The Morgan fingerprint density at radius 1 is 1.16 bits per heavy atom. The first-order valence-electron chi connectivity index (χ1n) is 11.5. The lowest BCUT2D eigenvalue weighted by Gasteiger charge is -2.23. The first-order valence-corrected chi connectivity index (χ1v) is 11.5. The van der Waals surface area contributed by atoms with Crippen LogP contribution in [-0.4, -0.2) is 40.6 Å². The Morgan fingerprint density at radius 3 is 2.77 bits per heavy atom. The molecule has 0 spiro atoms. The lowest BCUT2D eigenvalue weighted by molar-refractivity contribution is -0.123. The van der Waals surface area contributed by atoms with Crippen molar-refractivity contribution in [2.45, 2.75) is 65.0 Å². The summed E-state index contributed by atoms with van der Waals surface area (Å²) in [6.07, 6.45) is 8.60. The standard InChI is InChI=1S/C24H33N5O2/c1-17(2)16-20(22(30)25-13-12-18-8-4-3-5-9-18)27-24(31)29-15-14-28-21-11-7-6-10-19(21)26-23(28)29/h6-8,10-11,17,20H,3-5,9,12-16H2,1-2H3,(H,25,30)(H,27,31). The normalized spacial score (nSPS) is 16.9. The fraction of sp³-hybridized carbons (Fsp3) is 0.542. The van der Waals surface area contributed by atoms with Gasteiger partial charge >= 0.3 is 6.03 Å². The molecule has 0 fully saturated rings. The highest BCUT2D eigenvalue weighted by Gasteiger charge is 2.31. The van der Waals surface area contributed by atoms with Gasteiger partial charge in [-0.3, -0.25) is 9.69 Å². The summed E-state index contributed by atoms with van der Waals surface area (Å²) in [6, 6.07) is 7.09. The lowest BCUT2D eigenvalue weighted by Crippen LogP contribution is -2.51. The van der Waals surface area contributed by atoms with Gasteiger partial charge in [0.2, 0.25) is 11.9 Å². The molecular formula is C24H33N5O2. The number of nitrogens with one attached hydrogen (secondary N) is 2. The van der Waals surface area contributed by atoms with Crippen molar-refractivity contribution in [2.24, 2.45) is 5.92 Å². The number of nitrogens with zero attached hydrogens (tertiary/aromatic N) is 3. The van der Waals surface area contributed by atoms with Crippen molar-refractivity contribution in [1.29, 1.82) is 0 Å². The molecule has 1 aliphatic heterocycles. The summed E-state index contributed by atoms with van der Waals surface area (Å²) in [4.78, 5) is 32.2. The molecule has 31 heavy (non-hydrogen) atoms. The van der Waals surface area contributed by atoms with Gasteiger partial charge in [0.25, 0.3) is 0 Å². The Balaban J connectivity index is 1.39. The number of carbonyl (C=O) groups excluding carboxylic acids is 2. The van der Waals surface area contributed by atoms with Crippen molar-refractivity contribution in [3.05, 3.63) is 35.9 Å². The van der Waals surface area contributed by atoms with Crippen LogP contribution in [0.3, 0.4) is 0 Å². The van der Waals surface area contributed by atoms with E-state index in [0.29, 0.717) is 37.9 Å². The van der Waals surface area contributed by atoms with E-state index >= 15 is 0 Å². The quantitative estimate of drug-likeness (QED) is 0.661. The number of aromatic nitrogens is 2. The third-order valence-electron chi connectivity index (χ3n) is 6.12. The highest BCUT2D eigenvalue weighted by Crippen LogP contribution is 2.27. The molecule has 1 aromatic heterocycles. The Hall–Kier alpha value is -2.83. The molecule has 0 saturated carbocycles. The van der Waals surface area contributed by atoms with Crippen molar-refractivity contribution >= 4 is 28.9 Å². The van der Waals surface area contributed by atoms with Crippen LogP contribution in [0.5, 0.6) is 0 Å². The predicted molar refractivity (Wildman–Crippen MR) is 123 cm³/mol. The monoisotopic (exact) mass is 423 g/mol. The second-order valence-electron chi connectivity index (χ2n) is 8.98. The number of anilines is 1. The van der Waals surface area contributed by atoms with Gasteiger partial charge in [0.05, 0.1) is 11.0 Å². The number of allylic oxidation sites excluding steroid dienone is 1. The Kier molecular flexibility index (Phi) is 6.59. The largest absolute Gasteiger partial charge is 0.354 e. The molecule has 1 aliphatic carbocycles. The van der Waals surface area contributed by atoms with Crippen LogP contribution in [0.15, 0.2) is 35.9 Å². The fourth-order valence-electron chi connectivity index (χ4n) is 4.51. The Morgan fingerprint density at radius 2 is 2.00 bits per heavy atom. The molecule has 1 aromatic carbocycles. The molecule has 2 aliphatic rings. The number of fused-ring (bicyclic) bond motifs is 3. The van der Waals surface area contributed by atoms with E-state index in [1.807, 2.05) is 24.3 Å². The summed E-state index contributed by atoms with van der Waals surface area (Å²) in [5.74, 6) is 0.832. The number of urea groups is 1. The molecule has 1 unspecified atom stereocenters. The zero-order valence-electron chi connectivity index (χ0n) is 18.6. The first-order chi connectivity index (χ1) is 15.0. The van der Waals surface area contributed by atoms with E-state index in [9.17, 15) is 9.59 Å². The van der Waals surface area contributed by atoms with Gasteiger partial charge in [-0.2, -0.15) is 0 Å². The van der Waals surface area contributed by atoms with E-state index in [1.165, 1.54) is 18.4 Å². The van der Waals surface area contributed by atoms with Crippen molar-refractivity contribution < 1.29 is 9.59 Å². The molecule has 4 rings (SSSR count). The van der Waals surface area contributed by atoms with E-state index in [4.69, 9.17) is 0 Å². The Labute approximate surface area is 183 Å². The van der Waals surface area contributed by atoms with Crippen molar-refractivity contribution in [1.82, 2.24) is 20.2 Å². The van der Waals surface area contributed by atoms with E-state index < -0.39 is 6.04 Å². The number of benzene rings is 1. The molecular weight excluding hydrogens is 390 g/mol.